The highest BCUT2D eigenvalue weighted by molar-refractivity contribution is 5.87. The second-order valence-corrected chi connectivity index (χ2v) is 5.52. The molecule has 0 aliphatic carbocycles. The molecule has 7 heteroatoms. The van der Waals surface area contributed by atoms with Crippen molar-refractivity contribution in [3.8, 4) is 17.2 Å². The summed E-state index contributed by atoms with van der Waals surface area (Å²) in [5.74, 6) is -0.00432. The number of nitrogens with zero attached hydrogens (tertiary/aromatic N) is 2. The summed E-state index contributed by atoms with van der Waals surface area (Å²) in [6.07, 6.45) is 8.97. The topological polar surface area (TPSA) is 70.5 Å². The number of hydrogen-bond donors (Lipinski definition) is 0. The Labute approximate surface area is 161 Å². The van der Waals surface area contributed by atoms with E-state index in [1.165, 1.54) is 30.5 Å². The standard InChI is InChI=1S/C21H17FN2O4/c22-19-13-16(5-7-20(19)28-18-4-2-10-24-15-18)6-8-21(25)27-12-11-26-17-3-1-9-23-14-17/h1-10,13-15H,11-12H2/b8-6+. The van der Waals surface area contributed by atoms with Crippen LogP contribution in [0.1, 0.15) is 5.56 Å². The van der Waals surface area contributed by atoms with Crippen LogP contribution < -0.4 is 9.47 Å². The highest BCUT2D eigenvalue weighted by Crippen LogP contribution is 2.24. The van der Waals surface area contributed by atoms with Gasteiger partial charge in [0, 0.05) is 18.5 Å². The number of pyridine rings is 2. The summed E-state index contributed by atoms with van der Waals surface area (Å²) in [6.45, 7) is 0.296. The van der Waals surface area contributed by atoms with Gasteiger partial charge in [-0.2, -0.15) is 0 Å². The second kappa shape index (κ2) is 9.82. The molecule has 2 aromatic heterocycles. The quantitative estimate of drug-likeness (QED) is 0.334. The van der Waals surface area contributed by atoms with Crippen molar-refractivity contribution in [2.75, 3.05) is 13.2 Å². The van der Waals surface area contributed by atoms with Gasteiger partial charge in [0.05, 0.1) is 12.4 Å². The maximum Gasteiger partial charge on any atom is 0.330 e. The third-order valence-corrected chi connectivity index (χ3v) is 3.46. The minimum Gasteiger partial charge on any atom is -0.488 e. The monoisotopic (exact) mass is 380 g/mol. The number of carbonyl (C=O) groups excluding carboxylic acids is 1. The Morgan fingerprint density at radius 2 is 1.75 bits per heavy atom. The molecule has 3 aromatic rings. The molecule has 2 heterocycles. The molecule has 0 atom stereocenters. The number of ether oxygens (including phenoxy) is 3. The van der Waals surface area contributed by atoms with E-state index in [0.29, 0.717) is 17.1 Å². The molecule has 1 aromatic carbocycles. The lowest BCUT2D eigenvalue weighted by Crippen LogP contribution is -2.10. The number of benzene rings is 1. The van der Waals surface area contributed by atoms with Crippen LogP contribution in [0.25, 0.3) is 6.08 Å². The molecule has 0 radical (unpaired) electrons. The first-order valence-corrected chi connectivity index (χ1v) is 8.46. The van der Waals surface area contributed by atoms with E-state index < -0.39 is 11.8 Å². The molecule has 0 spiro atoms. The summed E-state index contributed by atoms with van der Waals surface area (Å²) in [5.41, 5.74) is 0.500. The molecule has 0 amide bonds. The molecular formula is C21H17FN2O4. The van der Waals surface area contributed by atoms with E-state index in [2.05, 4.69) is 9.97 Å². The molecule has 0 aliphatic heterocycles. The van der Waals surface area contributed by atoms with Crippen LogP contribution in [0.5, 0.6) is 17.2 Å². The average Bonchev–Trinajstić information content (AvgIpc) is 2.73. The molecule has 0 saturated heterocycles. The number of hydrogen-bond acceptors (Lipinski definition) is 6. The van der Waals surface area contributed by atoms with Gasteiger partial charge < -0.3 is 14.2 Å². The highest BCUT2D eigenvalue weighted by Gasteiger charge is 2.06. The van der Waals surface area contributed by atoms with E-state index in [1.807, 2.05) is 0 Å². The van der Waals surface area contributed by atoms with E-state index in [4.69, 9.17) is 14.2 Å². The first kappa shape index (κ1) is 19.0. The van der Waals surface area contributed by atoms with Crippen molar-refractivity contribution in [3.05, 3.63) is 84.7 Å². The lowest BCUT2D eigenvalue weighted by atomic mass is 10.2. The third kappa shape index (κ3) is 5.91. The Bertz CT molecular complexity index is 934. The largest absolute Gasteiger partial charge is 0.488 e. The van der Waals surface area contributed by atoms with E-state index >= 15 is 0 Å². The highest BCUT2D eigenvalue weighted by atomic mass is 19.1. The van der Waals surface area contributed by atoms with Crippen LogP contribution in [0.15, 0.2) is 73.3 Å². The molecule has 28 heavy (non-hydrogen) atoms. The van der Waals surface area contributed by atoms with Crippen molar-refractivity contribution in [2.45, 2.75) is 0 Å². The summed E-state index contributed by atoms with van der Waals surface area (Å²) in [7, 11) is 0. The number of esters is 1. The predicted octanol–water partition coefficient (Wildman–Crippen LogP) is 4.04. The smallest absolute Gasteiger partial charge is 0.330 e. The molecule has 142 valence electrons. The third-order valence-electron chi connectivity index (χ3n) is 3.46. The Hall–Kier alpha value is -3.74. The molecule has 0 saturated carbocycles. The summed E-state index contributed by atoms with van der Waals surface area (Å²) >= 11 is 0. The normalized spacial score (nSPS) is 10.6. The fourth-order valence-corrected chi connectivity index (χ4v) is 2.18. The van der Waals surface area contributed by atoms with Gasteiger partial charge in [0.1, 0.15) is 24.7 Å². The van der Waals surface area contributed by atoms with Gasteiger partial charge in [-0.25, -0.2) is 9.18 Å². The van der Waals surface area contributed by atoms with Crippen LogP contribution in [0, 0.1) is 5.82 Å². The van der Waals surface area contributed by atoms with Crippen LogP contribution in [-0.4, -0.2) is 29.2 Å². The molecule has 6 nitrogen and oxygen atoms in total. The number of aromatic nitrogens is 2. The van der Waals surface area contributed by atoms with Gasteiger partial charge in [0.2, 0.25) is 0 Å². The average molecular weight is 380 g/mol. The fraction of sp³-hybridized carbons (Fsp3) is 0.0952. The first-order chi connectivity index (χ1) is 13.7. The van der Waals surface area contributed by atoms with Crippen molar-refractivity contribution in [1.82, 2.24) is 9.97 Å². The summed E-state index contributed by atoms with van der Waals surface area (Å²) in [4.78, 5) is 19.5. The fourth-order valence-electron chi connectivity index (χ4n) is 2.18. The van der Waals surface area contributed by atoms with E-state index in [-0.39, 0.29) is 19.0 Å². The predicted molar refractivity (Wildman–Crippen MR) is 100 cm³/mol. The Morgan fingerprint density at radius 3 is 2.43 bits per heavy atom. The summed E-state index contributed by atoms with van der Waals surface area (Å²) < 4.78 is 30.0. The zero-order valence-corrected chi connectivity index (χ0v) is 14.8. The molecule has 0 fully saturated rings. The second-order valence-electron chi connectivity index (χ2n) is 5.52. The van der Waals surface area contributed by atoms with Gasteiger partial charge in [-0.05, 0) is 48.0 Å². The Balaban J connectivity index is 1.46. The maximum absolute atomic E-state index is 14.2. The molecule has 0 bridgehead atoms. The maximum atomic E-state index is 14.2. The number of rotatable bonds is 8. The molecular weight excluding hydrogens is 363 g/mol. The van der Waals surface area contributed by atoms with E-state index in [9.17, 15) is 9.18 Å². The van der Waals surface area contributed by atoms with Crippen molar-refractivity contribution >= 4 is 12.0 Å². The summed E-state index contributed by atoms with van der Waals surface area (Å²) in [6, 6.07) is 11.2. The molecule has 3 rings (SSSR count). The minimum absolute atomic E-state index is 0.0697. The van der Waals surface area contributed by atoms with Gasteiger partial charge in [0.25, 0.3) is 0 Å². The van der Waals surface area contributed by atoms with Crippen LogP contribution in [0.4, 0.5) is 4.39 Å². The van der Waals surface area contributed by atoms with Gasteiger partial charge in [-0.3, -0.25) is 9.97 Å². The number of halogens is 1. The first-order valence-electron chi connectivity index (χ1n) is 8.46. The lowest BCUT2D eigenvalue weighted by molar-refractivity contribution is -0.138. The molecule has 0 N–H and O–H groups in total. The van der Waals surface area contributed by atoms with Crippen molar-refractivity contribution < 1.29 is 23.4 Å². The van der Waals surface area contributed by atoms with Crippen LogP contribution in [-0.2, 0) is 9.53 Å². The SMILES string of the molecule is O=C(/C=C/c1ccc(Oc2cccnc2)c(F)c1)OCCOc1cccnc1. The minimum atomic E-state index is -0.552. The lowest BCUT2D eigenvalue weighted by Gasteiger charge is -2.07. The van der Waals surface area contributed by atoms with Gasteiger partial charge in [-0.15, -0.1) is 0 Å². The van der Waals surface area contributed by atoms with Crippen molar-refractivity contribution in [2.24, 2.45) is 0 Å². The van der Waals surface area contributed by atoms with Crippen molar-refractivity contribution in [1.29, 1.82) is 0 Å². The Morgan fingerprint density at radius 1 is 1.00 bits per heavy atom. The van der Waals surface area contributed by atoms with E-state index in [1.54, 1.807) is 48.9 Å². The zero-order valence-electron chi connectivity index (χ0n) is 14.8. The van der Waals surface area contributed by atoms with Crippen molar-refractivity contribution in [3.63, 3.8) is 0 Å². The zero-order chi connectivity index (χ0) is 19.6. The summed E-state index contributed by atoms with van der Waals surface area (Å²) in [5, 5.41) is 0. The van der Waals surface area contributed by atoms with Gasteiger partial charge in [-0.1, -0.05) is 6.07 Å². The molecule has 0 unspecified atom stereocenters. The van der Waals surface area contributed by atoms with Crippen LogP contribution >= 0.6 is 0 Å². The van der Waals surface area contributed by atoms with Gasteiger partial charge in [0.15, 0.2) is 11.6 Å². The van der Waals surface area contributed by atoms with Gasteiger partial charge >= 0.3 is 5.97 Å². The molecule has 0 aliphatic rings. The Kier molecular flexibility index (Phi) is 6.67. The van der Waals surface area contributed by atoms with E-state index in [0.717, 1.165) is 0 Å². The number of carbonyl (C=O) groups is 1. The van der Waals surface area contributed by atoms with Crippen LogP contribution in [0.3, 0.4) is 0 Å². The van der Waals surface area contributed by atoms with Crippen LogP contribution in [0.2, 0.25) is 0 Å².